The number of aromatic nitrogens is 1. The Morgan fingerprint density at radius 3 is 2.59 bits per heavy atom. The van der Waals surface area contributed by atoms with Crippen molar-refractivity contribution in [3.63, 3.8) is 0 Å². The minimum Gasteiger partial charge on any atom is -0.508 e. The first-order valence-electron chi connectivity index (χ1n) is 8.21. The number of phenolic OH excluding ortho intramolecular Hbond substituents is 1. The maximum Gasteiger partial charge on any atom is 0.191 e. The fourth-order valence-electron chi connectivity index (χ4n) is 2.36. The minimum atomic E-state index is 0.204. The normalized spacial score (nSPS) is 11.1. The number of hydrogen-bond acceptors (Lipinski definition) is 6. The van der Waals surface area contributed by atoms with Gasteiger partial charge in [0.15, 0.2) is 10.2 Å². The highest BCUT2D eigenvalue weighted by Crippen LogP contribution is 2.27. The SMILES string of the molecule is C/C(=N\NC(=S)Nc1ccccc1)c1sc(Nc2cccc(O)c2)nc1C. The van der Waals surface area contributed by atoms with Gasteiger partial charge in [0, 0.05) is 17.4 Å². The van der Waals surface area contributed by atoms with Crippen molar-refractivity contribution in [2.24, 2.45) is 5.10 Å². The van der Waals surface area contributed by atoms with E-state index in [4.69, 9.17) is 12.2 Å². The van der Waals surface area contributed by atoms with Crippen LogP contribution < -0.4 is 16.1 Å². The molecule has 0 aliphatic rings. The van der Waals surface area contributed by atoms with Gasteiger partial charge in [0.05, 0.1) is 16.3 Å². The second-order valence-corrected chi connectivity index (χ2v) is 7.15. The summed E-state index contributed by atoms with van der Waals surface area (Å²) in [5.74, 6) is 0.204. The number of anilines is 3. The number of aryl methyl sites for hydroxylation is 1. The van der Waals surface area contributed by atoms with Crippen LogP contribution in [0.2, 0.25) is 0 Å². The third-order valence-corrected chi connectivity index (χ3v) is 4.95. The number of para-hydroxylation sites is 1. The van der Waals surface area contributed by atoms with Crippen molar-refractivity contribution in [2.75, 3.05) is 10.6 Å². The highest BCUT2D eigenvalue weighted by atomic mass is 32.1. The molecule has 27 heavy (non-hydrogen) atoms. The summed E-state index contributed by atoms with van der Waals surface area (Å²) in [7, 11) is 0. The predicted octanol–water partition coefficient (Wildman–Crippen LogP) is 4.61. The number of aromatic hydroxyl groups is 1. The summed E-state index contributed by atoms with van der Waals surface area (Å²) in [5.41, 5.74) is 6.18. The van der Waals surface area contributed by atoms with Crippen LogP contribution in [-0.4, -0.2) is 20.9 Å². The Morgan fingerprint density at radius 1 is 1.11 bits per heavy atom. The van der Waals surface area contributed by atoms with Crippen LogP contribution in [-0.2, 0) is 0 Å². The molecular weight excluding hydrogens is 378 g/mol. The summed E-state index contributed by atoms with van der Waals surface area (Å²) in [6.45, 7) is 3.83. The largest absolute Gasteiger partial charge is 0.508 e. The monoisotopic (exact) mass is 397 g/mol. The third-order valence-electron chi connectivity index (χ3n) is 3.58. The molecule has 0 bridgehead atoms. The quantitative estimate of drug-likeness (QED) is 0.286. The average Bonchev–Trinajstić information content (AvgIpc) is 3.01. The van der Waals surface area contributed by atoms with Crippen molar-refractivity contribution < 1.29 is 5.11 Å². The Labute approximate surface area is 167 Å². The van der Waals surface area contributed by atoms with Gasteiger partial charge in [-0.25, -0.2) is 4.98 Å². The summed E-state index contributed by atoms with van der Waals surface area (Å²) in [4.78, 5) is 5.47. The average molecular weight is 398 g/mol. The maximum absolute atomic E-state index is 9.56. The molecule has 0 spiro atoms. The fourth-order valence-corrected chi connectivity index (χ4v) is 3.45. The van der Waals surface area contributed by atoms with Gasteiger partial charge in [0.1, 0.15) is 5.75 Å². The Kier molecular flexibility index (Phi) is 6.00. The van der Waals surface area contributed by atoms with Gasteiger partial charge in [-0.15, -0.1) is 0 Å². The molecule has 1 aromatic heterocycles. The van der Waals surface area contributed by atoms with E-state index in [-0.39, 0.29) is 5.75 Å². The van der Waals surface area contributed by atoms with E-state index in [2.05, 4.69) is 26.1 Å². The molecule has 0 amide bonds. The standard InChI is InChI=1S/C19H19N5OS2/c1-12-17(27-19(20-12)22-15-9-6-10-16(25)11-15)13(2)23-24-18(26)21-14-7-4-3-5-8-14/h3-11,25H,1-2H3,(H,20,22)(H2,21,24,26)/b23-13+. The van der Waals surface area contributed by atoms with E-state index < -0.39 is 0 Å². The topological polar surface area (TPSA) is 81.6 Å². The summed E-state index contributed by atoms with van der Waals surface area (Å²) >= 11 is 6.75. The van der Waals surface area contributed by atoms with Crippen molar-refractivity contribution in [3.8, 4) is 5.75 Å². The van der Waals surface area contributed by atoms with Gasteiger partial charge in [-0.1, -0.05) is 35.6 Å². The van der Waals surface area contributed by atoms with Gasteiger partial charge in [0.2, 0.25) is 0 Å². The van der Waals surface area contributed by atoms with E-state index in [0.717, 1.165) is 32.8 Å². The molecule has 0 saturated heterocycles. The highest BCUT2D eigenvalue weighted by molar-refractivity contribution is 7.80. The molecule has 3 rings (SSSR count). The number of nitrogens with one attached hydrogen (secondary N) is 3. The van der Waals surface area contributed by atoms with Crippen LogP contribution in [0.25, 0.3) is 0 Å². The molecule has 1 heterocycles. The second-order valence-electron chi connectivity index (χ2n) is 5.74. The van der Waals surface area contributed by atoms with Gasteiger partial charge in [-0.2, -0.15) is 5.10 Å². The van der Waals surface area contributed by atoms with E-state index >= 15 is 0 Å². The Bertz CT molecular complexity index is 969. The number of hydrazone groups is 1. The molecule has 0 aliphatic heterocycles. The van der Waals surface area contributed by atoms with Crippen molar-refractivity contribution in [1.82, 2.24) is 10.4 Å². The number of hydrogen-bond donors (Lipinski definition) is 4. The van der Waals surface area contributed by atoms with Crippen LogP contribution in [0.3, 0.4) is 0 Å². The predicted molar refractivity (Wildman–Crippen MR) is 116 cm³/mol. The van der Waals surface area contributed by atoms with Gasteiger partial charge < -0.3 is 15.7 Å². The van der Waals surface area contributed by atoms with E-state index in [1.165, 1.54) is 11.3 Å². The fraction of sp³-hybridized carbons (Fsp3) is 0.105. The van der Waals surface area contributed by atoms with E-state index in [0.29, 0.717) is 5.11 Å². The molecule has 0 radical (unpaired) electrons. The minimum absolute atomic E-state index is 0.204. The number of nitrogens with zero attached hydrogens (tertiary/aromatic N) is 2. The van der Waals surface area contributed by atoms with E-state index in [9.17, 15) is 5.11 Å². The van der Waals surface area contributed by atoms with E-state index in [1.54, 1.807) is 18.2 Å². The van der Waals surface area contributed by atoms with Gasteiger partial charge in [-0.05, 0) is 50.3 Å². The maximum atomic E-state index is 9.56. The zero-order valence-corrected chi connectivity index (χ0v) is 16.5. The zero-order chi connectivity index (χ0) is 19.2. The molecule has 0 unspecified atom stereocenters. The molecule has 8 heteroatoms. The van der Waals surface area contributed by atoms with Gasteiger partial charge in [0.25, 0.3) is 0 Å². The molecule has 0 fully saturated rings. The molecule has 2 aromatic carbocycles. The summed E-state index contributed by atoms with van der Waals surface area (Å²) in [5, 5.41) is 21.3. The second kappa shape index (κ2) is 8.61. The number of benzene rings is 2. The first kappa shape index (κ1) is 18.8. The molecule has 6 nitrogen and oxygen atoms in total. The molecule has 0 saturated carbocycles. The zero-order valence-electron chi connectivity index (χ0n) is 14.9. The highest BCUT2D eigenvalue weighted by Gasteiger charge is 2.11. The molecule has 3 aromatic rings. The lowest BCUT2D eigenvalue weighted by Crippen LogP contribution is -2.24. The smallest absolute Gasteiger partial charge is 0.191 e. The van der Waals surface area contributed by atoms with Gasteiger partial charge >= 0.3 is 0 Å². The van der Waals surface area contributed by atoms with Crippen LogP contribution in [0.5, 0.6) is 5.75 Å². The first-order chi connectivity index (χ1) is 13.0. The Morgan fingerprint density at radius 2 is 1.85 bits per heavy atom. The third kappa shape index (κ3) is 5.25. The number of phenols is 1. The number of rotatable bonds is 5. The summed E-state index contributed by atoms with van der Waals surface area (Å²) in [6, 6.07) is 16.6. The van der Waals surface area contributed by atoms with Crippen LogP contribution in [0.1, 0.15) is 17.5 Å². The Hall–Kier alpha value is -2.97. The molecule has 0 atom stereocenters. The lowest BCUT2D eigenvalue weighted by molar-refractivity contribution is 0.475. The summed E-state index contributed by atoms with van der Waals surface area (Å²) in [6.07, 6.45) is 0. The molecule has 0 aliphatic carbocycles. The first-order valence-corrected chi connectivity index (χ1v) is 9.44. The summed E-state index contributed by atoms with van der Waals surface area (Å²) < 4.78 is 0. The lowest BCUT2D eigenvalue weighted by Gasteiger charge is -2.07. The van der Waals surface area contributed by atoms with Crippen LogP contribution in [0.15, 0.2) is 59.7 Å². The lowest BCUT2D eigenvalue weighted by atomic mass is 10.3. The van der Waals surface area contributed by atoms with Crippen LogP contribution >= 0.6 is 23.6 Å². The molecular formula is C19H19N5OS2. The molecule has 4 N–H and O–H groups in total. The Balaban J connectivity index is 1.65. The van der Waals surface area contributed by atoms with Crippen molar-refractivity contribution in [3.05, 3.63) is 65.2 Å². The van der Waals surface area contributed by atoms with Crippen molar-refractivity contribution in [1.29, 1.82) is 0 Å². The van der Waals surface area contributed by atoms with E-state index in [1.807, 2.05) is 50.2 Å². The number of thiocarbonyl (C=S) groups is 1. The van der Waals surface area contributed by atoms with Gasteiger partial charge in [-0.3, -0.25) is 5.43 Å². The van der Waals surface area contributed by atoms with Crippen LogP contribution in [0.4, 0.5) is 16.5 Å². The number of thiazole rings is 1. The van der Waals surface area contributed by atoms with Crippen molar-refractivity contribution in [2.45, 2.75) is 13.8 Å². The molecule has 138 valence electrons. The van der Waals surface area contributed by atoms with Crippen LogP contribution in [0, 0.1) is 6.92 Å². The van der Waals surface area contributed by atoms with Crippen molar-refractivity contribution >= 4 is 50.9 Å².